The number of aliphatic hydroxyl groups is 1. The molecule has 1 saturated carbocycles. The number of hydrogen-bond acceptors (Lipinski definition) is 8. The summed E-state index contributed by atoms with van der Waals surface area (Å²) in [6, 6.07) is 5.63. The molecule has 2 heterocycles. The van der Waals surface area contributed by atoms with Gasteiger partial charge in [0.1, 0.15) is 19.0 Å². The number of primary amides is 1. The van der Waals surface area contributed by atoms with Gasteiger partial charge in [-0.2, -0.15) is 0 Å². The van der Waals surface area contributed by atoms with Crippen molar-refractivity contribution in [3.8, 4) is 11.5 Å². The van der Waals surface area contributed by atoms with Crippen molar-refractivity contribution >= 4 is 23.2 Å². The van der Waals surface area contributed by atoms with Gasteiger partial charge in [-0.1, -0.05) is 6.92 Å². The molecule has 1 fully saturated rings. The number of benzene rings is 1. The number of nitrogens with zero attached hydrogens (tertiary/aromatic N) is 2. The van der Waals surface area contributed by atoms with Crippen LogP contribution in [-0.4, -0.2) is 46.3 Å². The normalized spacial score (nSPS) is 20.5. The minimum absolute atomic E-state index is 0.0892. The van der Waals surface area contributed by atoms with Crippen LogP contribution in [0, 0.1) is 0 Å². The molecular weight excluding hydrogens is 386 g/mol. The average Bonchev–Trinajstić information content (AvgIpc) is 2.75. The first-order valence-corrected chi connectivity index (χ1v) is 10.4. The summed E-state index contributed by atoms with van der Waals surface area (Å²) >= 11 is 0. The summed E-state index contributed by atoms with van der Waals surface area (Å²) in [6.07, 6.45) is 3.60. The number of amides is 1. The molecule has 1 aliphatic carbocycles. The molecule has 0 atom stereocenters. The van der Waals surface area contributed by atoms with Crippen molar-refractivity contribution in [3.63, 3.8) is 0 Å². The lowest BCUT2D eigenvalue weighted by Crippen LogP contribution is -2.29. The second kappa shape index (κ2) is 8.74. The first-order valence-electron chi connectivity index (χ1n) is 10.4. The summed E-state index contributed by atoms with van der Waals surface area (Å²) in [5.74, 6) is 1.57. The van der Waals surface area contributed by atoms with E-state index in [-0.39, 0.29) is 23.7 Å². The molecule has 2 aromatic rings. The molecular formula is C21H27N5O4. The number of nitrogens with one attached hydrogen (secondary N) is 2. The summed E-state index contributed by atoms with van der Waals surface area (Å²) in [7, 11) is 0. The zero-order valence-corrected chi connectivity index (χ0v) is 17.0. The van der Waals surface area contributed by atoms with Gasteiger partial charge in [0, 0.05) is 17.8 Å². The SMILES string of the molecule is CCc1nc(C(N)=O)c(Nc2ccc3c(c2)OCCO3)nc1NC1CCC(O)CC1. The van der Waals surface area contributed by atoms with Crippen LogP contribution in [0.5, 0.6) is 11.5 Å². The predicted octanol–water partition coefficient (Wildman–Crippen LogP) is 2.37. The van der Waals surface area contributed by atoms with Crippen LogP contribution in [0.4, 0.5) is 17.3 Å². The van der Waals surface area contributed by atoms with Gasteiger partial charge in [0.25, 0.3) is 5.91 Å². The number of carbonyl (C=O) groups excluding carboxylic acids is 1. The van der Waals surface area contributed by atoms with Crippen LogP contribution in [0.15, 0.2) is 18.2 Å². The molecule has 1 aromatic heterocycles. The summed E-state index contributed by atoms with van der Waals surface area (Å²) in [6.45, 7) is 2.96. The molecule has 160 valence electrons. The van der Waals surface area contributed by atoms with Crippen molar-refractivity contribution in [2.45, 2.75) is 51.2 Å². The van der Waals surface area contributed by atoms with E-state index < -0.39 is 5.91 Å². The number of aromatic nitrogens is 2. The number of fused-ring (bicyclic) bond motifs is 1. The van der Waals surface area contributed by atoms with E-state index in [1.807, 2.05) is 13.0 Å². The Kier molecular flexibility index (Phi) is 5.89. The van der Waals surface area contributed by atoms with Crippen molar-refractivity contribution < 1.29 is 19.4 Å². The van der Waals surface area contributed by atoms with Gasteiger partial charge in [-0.15, -0.1) is 0 Å². The number of carbonyl (C=O) groups is 1. The Morgan fingerprint density at radius 2 is 1.87 bits per heavy atom. The zero-order chi connectivity index (χ0) is 21.1. The molecule has 2 aliphatic rings. The lowest BCUT2D eigenvalue weighted by molar-refractivity contribution is 0.0996. The van der Waals surface area contributed by atoms with E-state index in [0.717, 1.165) is 25.7 Å². The maximum Gasteiger partial charge on any atom is 0.271 e. The lowest BCUT2D eigenvalue weighted by Gasteiger charge is -2.27. The van der Waals surface area contributed by atoms with Crippen molar-refractivity contribution in [1.29, 1.82) is 0 Å². The highest BCUT2D eigenvalue weighted by atomic mass is 16.6. The number of aliphatic hydroxyl groups excluding tert-OH is 1. The Bertz CT molecular complexity index is 928. The van der Waals surface area contributed by atoms with Gasteiger partial charge in [0.2, 0.25) is 0 Å². The quantitative estimate of drug-likeness (QED) is 0.568. The fraction of sp³-hybridized carbons (Fsp3) is 0.476. The molecule has 0 radical (unpaired) electrons. The molecule has 0 unspecified atom stereocenters. The predicted molar refractivity (Wildman–Crippen MR) is 113 cm³/mol. The van der Waals surface area contributed by atoms with Crippen LogP contribution in [0.3, 0.4) is 0 Å². The van der Waals surface area contributed by atoms with E-state index in [2.05, 4.69) is 20.6 Å². The maximum absolute atomic E-state index is 12.0. The molecule has 1 aromatic carbocycles. The first kappa shape index (κ1) is 20.2. The number of aryl methyl sites for hydroxylation is 1. The third-order valence-electron chi connectivity index (χ3n) is 5.38. The minimum Gasteiger partial charge on any atom is -0.486 e. The van der Waals surface area contributed by atoms with Crippen molar-refractivity contribution in [2.75, 3.05) is 23.8 Å². The monoisotopic (exact) mass is 413 g/mol. The van der Waals surface area contributed by atoms with Crippen LogP contribution < -0.4 is 25.8 Å². The van der Waals surface area contributed by atoms with Crippen molar-refractivity contribution in [1.82, 2.24) is 9.97 Å². The van der Waals surface area contributed by atoms with Gasteiger partial charge in [-0.05, 0) is 44.2 Å². The molecule has 9 heteroatoms. The number of anilines is 3. The molecule has 1 aliphatic heterocycles. The third-order valence-corrected chi connectivity index (χ3v) is 5.38. The Morgan fingerprint density at radius 1 is 1.13 bits per heavy atom. The van der Waals surface area contributed by atoms with Gasteiger partial charge in [0.05, 0.1) is 11.8 Å². The topological polar surface area (TPSA) is 132 Å². The van der Waals surface area contributed by atoms with Crippen molar-refractivity contribution in [2.24, 2.45) is 5.73 Å². The van der Waals surface area contributed by atoms with Gasteiger partial charge >= 0.3 is 0 Å². The van der Waals surface area contributed by atoms with Crippen LogP contribution in [-0.2, 0) is 6.42 Å². The smallest absolute Gasteiger partial charge is 0.271 e. The van der Waals surface area contributed by atoms with E-state index in [1.54, 1.807) is 12.1 Å². The molecule has 4 rings (SSSR count). The van der Waals surface area contributed by atoms with E-state index in [4.69, 9.17) is 15.2 Å². The number of rotatable bonds is 6. The van der Waals surface area contributed by atoms with E-state index in [0.29, 0.717) is 48.3 Å². The standard InChI is InChI=1S/C21H27N5O4/c1-2-15-20(23-12-3-6-14(27)7-4-12)26-21(18(25-15)19(22)28)24-13-5-8-16-17(11-13)30-10-9-29-16/h5,8,11-12,14,27H,2-4,6-7,9-10H2,1H3,(H2,22,28)(H2,23,24,26). The number of ether oxygens (including phenoxy) is 2. The molecule has 0 saturated heterocycles. The maximum atomic E-state index is 12.0. The largest absolute Gasteiger partial charge is 0.486 e. The van der Waals surface area contributed by atoms with Gasteiger partial charge in [-0.3, -0.25) is 4.79 Å². The Morgan fingerprint density at radius 3 is 2.57 bits per heavy atom. The summed E-state index contributed by atoms with van der Waals surface area (Å²) < 4.78 is 11.2. The first-order chi connectivity index (χ1) is 14.5. The molecule has 0 spiro atoms. The Labute approximate surface area is 175 Å². The van der Waals surface area contributed by atoms with Crippen LogP contribution in [0.1, 0.15) is 48.8 Å². The highest BCUT2D eigenvalue weighted by Crippen LogP contribution is 2.34. The third kappa shape index (κ3) is 4.40. The van der Waals surface area contributed by atoms with Gasteiger partial charge in [-0.25, -0.2) is 9.97 Å². The molecule has 5 N–H and O–H groups in total. The second-order valence-corrected chi connectivity index (χ2v) is 7.57. The van der Waals surface area contributed by atoms with Crippen LogP contribution in [0.2, 0.25) is 0 Å². The van der Waals surface area contributed by atoms with Gasteiger partial charge in [0.15, 0.2) is 23.0 Å². The van der Waals surface area contributed by atoms with Crippen LogP contribution >= 0.6 is 0 Å². The summed E-state index contributed by atoms with van der Waals surface area (Å²) in [5, 5.41) is 16.3. The van der Waals surface area contributed by atoms with E-state index in [1.165, 1.54) is 0 Å². The Hall–Kier alpha value is -3.07. The Balaban J connectivity index is 1.62. The second-order valence-electron chi connectivity index (χ2n) is 7.57. The number of hydrogen-bond donors (Lipinski definition) is 4. The molecule has 0 bridgehead atoms. The summed E-state index contributed by atoms with van der Waals surface area (Å²) in [4.78, 5) is 21.2. The molecule has 1 amide bonds. The zero-order valence-electron chi connectivity index (χ0n) is 17.0. The van der Waals surface area contributed by atoms with Crippen LogP contribution in [0.25, 0.3) is 0 Å². The molecule has 30 heavy (non-hydrogen) atoms. The van der Waals surface area contributed by atoms with Crippen molar-refractivity contribution in [3.05, 3.63) is 29.6 Å². The lowest BCUT2D eigenvalue weighted by atomic mass is 9.93. The minimum atomic E-state index is -0.649. The van der Waals surface area contributed by atoms with E-state index >= 15 is 0 Å². The highest BCUT2D eigenvalue weighted by Gasteiger charge is 2.23. The van der Waals surface area contributed by atoms with E-state index in [9.17, 15) is 9.90 Å². The molecule has 9 nitrogen and oxygen atoms in total. The highest BCUT2D eigenvalue weighted by molar-refractivity contribution is 5.96. The fourth-order valence-corrected chi connectivity index (χ4v) is 3.76. The fourth-order valence-electron chi connectivity index (χ4n) is 3.76. The number of nitrogens with two attached hydrogens (primary N) is 1. The average molecular weight is 413 g/mol. The summed E-state index contributed by atoms with van der Waals surface area (Å²) in [5.41, 5.74) is 7.04. The van der Waals surface area contributed by atoms with Gasteiger partial charge < -0.3 is 30.9 Å².